The van der Waals surface area contributed by atoms with E-state index in [0.29, 0.717) is 13.0 Å². The lowest BCUT2D eigenvalue weighted by atomic mass is 10.4. The molecule has 0 spiro atoms. The van der Waals surface area contributed by atoms with Gasteiger partial charge in [-0.1, -0.05) is 0 Å². The standard InChI is InChI=1S/C6H15N3O/c1-10-5-4-9-3-2-6(7)8/h9H,2-5H2,1H3,(H3,7,8). The molecule has 0 rings (SSSR count). The fraction of sp³-hybridized carbons (Fsp3) is 0.833. The molecule has 0 radical (unpaired) electrons. The van der Waals surface area contributed by atoms with E-state index in [1.54, 1.807) is 7.11 Å². The molecule has 0 aliphatic rings. The van der Waals surface area contributed by atoms with Gasteiger partial charge in [0.2, 0.25) is 0 Å². The third-order valence-electron chi connectivity index (χ3n) is 1.05. The maximum absolute atomic E-state index is 6.88. The normalized spacial score (nSPS) is 9.70. The largest absolute Gasteiger partial charge is 0.388 e. The fourth-order valence-electron chi connectivity index (χ4n) is 0.522. The number of amidine groups is 1. The predicted octanol–water partition coefficient (Wildman–Crippen LogP) is -0.452. The Labute approximate surface area is 61.3 Å². The van der Waals surface area contributed by atoms with Crippen molar-refractivity contribution in [2.75, 3.05) is 26.8 Å². The summed E-state index contributed by atoms with van der Waals surface area (Å²) in [6, 6.07) is 0. The van der Waals surface area contributed by atoms with Crippen LogP contribution in [0.3, 0.4) is 0 Å². The van der Waals surface area contributed by atoms with Crippen molar-refractivity contribution in [1.29, 1.82) is 5.41 Å². The van der Waals surface area contributed by atoms with E-state index in [9.17, 15) is 0 Å². The van der Waals surface area contributed by atoms with Crippen LogP contribution < -0.4 is 11.1 Å². The zero-order valence-electron chi connectivity index (χ0n) is 6.31. The van der Waals surface area contributed by atoms with Crippen LogP contribution in [0.4, 0.5) is 0 Å². The summed E-state index contributed by atoms with van der Waals surface area (Å²) in [5.41, 5.74) is 5.12. The van der Waals surface area contributed by atoms with Crippen LogP contribution >= 0.6 is 0 Å². The average Bonchev–Trinajstić information content (AvgIpc) is 1.87. The molecule has 0 aliphatic carbocycles. The minimum Gasteiger partial charge on any atom is -0.388 e. The summed E-state index contributed by atoms with van der Waals surface area (Å²) in [7, 11) is 1.66. The first-order valence-electron chi connectivity index (χ1n) is 3.30. The van der Waals surface area contributed by atoms with Crippen LogP contribution in [-0.4, -0.2) is 32.6 Å². The molecule has 4 N–H and O–H groups in total. The van der Waals surface area contributed by atoms with Crippen LogP contribution in [0.25, 0.3) is 0 Å². The second kappa shape index (κ2) is 6.51. The lowest BCUT2D eigenvalue weighted by molar-refractivity contribution is 0.200. The number of nitrogens with one attached hydrogen (secondary N) is 2. The predicted molar refractivity (Wildman–Crippen MR) is 41.3 cm³/mol. The molecule has 4 heteroatoms. The summed E-state index contributed by atoms with van der Waals surface area (Å²) >= 11 is 0. The highest BCUT2D eigenvalue weighted by Gasteiger charge is 1.88. The van der Waals surface area contributed by atoms with Crippen molar-refractivity contribution in [2.24, 2.45) is 5.73 Å². The maximum Gasteiger partial charge on any atom is 0.0918 e. The van der Waals surface area contributed by atoms with Gasteiger partial charge in [0.15, 0.2) is 0 Å². The van der Waals surface area contributed by atoms with Crippen LogP contribution in [0.5, 0.6) is 0 Å². The quantitative estimate of drug-likeness (QED) is 0.269. The molecular weight excluding hydrogens is 130 g/mol. The highest BCUT2D eigenvalue weighted by atomic mass is 16.5. The van der Waals surface area contributed by atoms with Gasteiger partial charge >= 0.3 is 0 Å². The summed E-state index contributed by atoms with van der Waals surface area (Å²) in [6.07, 6.45) is 0.615. The molecule has 10 heavy (non-hydrogen) atoms. The first-order valence-corrected chi connectivity index (χ1v) is 3.30. The van der Waals surface area contributed by atoms with Crippen molar-refractivity contribution in [2.45, 2.75) is 6.42 Å². The molecule has 0 aliphatic heterocycles. The Hall–Kier alpha value is -0.610. The number of ether oxygens (including phenoxy) is 1. The average molecular weight is 145 g/mol. The molecule has 0 fully saturated rings. The van der Waals surface area contributed by atoms with Crippen LogP contribution in [0.1, 0.15) is 6.42 Å². The molecule has 0 saturated carbocycles. The Balaban J connectivity index is 2.84. The Kier molecular flexibility index (Phi) is 6.11. The van der Waals surface area contributed by atoms with Gasteiger partial charge in [-0.15, -0.1) is 0 Å². The lowest BCUT2D eigenvalue weighted by Gasteiger charge is -2.01. The van der Waals surface area contributed by atoms with Gasteiger partial charge in [0, 0.05) is 26.6 Å². The van der Waals surface area contributed by atoms with E-state index in [1.165, 1.54) is 0 Å². The third-order valence-corrected chi connectivity index (χ3v) is 1.05. The van der Waals surface area contributed by atoms with Gasteiger partial charge in [0.05, 0.1) is 12.4 Å². The van der Waals surface area contributed by atoms with E-state index in [2.05, 4.69) is 5.32 Å². The fourth-order valence-corrected chi connectivity index (χ4v) is 0.522. The van der Waals surface area contributed by atoms with Gasteiger partial charge in [-0.2, -0.15) is 0 Å². The van der Waals surface area contributed by atoms with Crippen LogP contribution in [-0.2, 0) is 4.74 Å². The first kappa shape index (κ1) is 9.39. The van der Waals surface area contributed by atoms with E-state index in [-0.39, 0.29) is 5.84 Å². The third kappa shape index (κ3) is 7.39. The zero-order chi connectivity index (χ0) is 7.82. The first-order chi connectivity index (χ1) is 4.77. The van der Waals surface area contributed by atoms with Crippen molar-refractivity contribution >= 4 is 5.84 Å². The summed E-state index contributed by atoms with van der Waals surface area (Å²) in [4.78, 5) is 0. The Morgan fingerprint density at radius 1 is 1.60 bits per heavy atom. The summed E-state index contributed by atoms with van der Waals surface area (Å²) in [5.74, 6) is 0.227. The molecule has 4 nitrogen and oxygen atoms in total. The number of rotatable bonds is 6. The molecular formula is C6H15N3O. The zero-order valence-corrected chi connectivity index (χ0v) is 6.31. The number of hydrogen-bond acceptors (Lipinski definition) is 3. The van der Waals surface area contributed by atoms with Crippen molar-refractivity contribution in [1.82, 2.24) is 5.32 Å². The van der Waals surface area contributed by atoms with E-state index in [0.717, 1.165) is 13.1 Å². The van der Waals surface area contributed by atoms with E-state index >= 15 is 0 Å². The van der Waals surface area contributed by atoms with Crippen molar-refractivity contribution in [3.63, 3.8) is 0 Å². The second-order valence-corrected chi connectivity index (χ2v) is 2.02. The minimum atomic E-state index is 0.227. The van der Waals surface area contributed by atoms with Crippen molar-refractivity contribution < 1.29 is 4.74 Å². The summed E-state index contributed by atoms with van der Waals surface area (Å²) in [6.45, 7) is 2.29. The van der Waals surface area contributed by atoms with Gasteiger partial charge in [0.1, 0.15) is 0 Å². The number of nitrogens with two attached hydrogens (primary N) is 1. The van der Waals surface area contributed by atoms with Crippen molar-refractivity contribution in [3.05, 3.63) is 0 Å². The van der Waals surface area contributed by atoms with Gasteiger partial charge in [0.25, 0.3) is 0 Å². The number of hydrogen-bond donors (Lipinski definition) is 3. The lowest BCUT2D eigenvalue weighted by Crippen LogP contribution is -2.24. The highest BCUT2D eigenvalue weighted by molar-refractivity contribution is 5.76. The smallest absolute Gasteiger partial charge is 0.0918 e. The van der Waals surface area contributed by atoms with Crippen LogP contribution in [0.15, 0.2) is 0 Å². The SMILES string of the molecule is COCCNCCC(=N)N. The molecule has 0 saturated heterocycles. The molecule has 0 aromatic carbocycles. The van der Waals surface area contributed by atoms with Gasteiger partial charge in [-0.05, 0) is 0 Å². The Morgan fingerprint density at radius 3 is 2.80 bits per heavy atom. The van der Waals surface area contributed by atoms with Gasteiger partial charge < -0.3 is 15.8 Å². The molecule has 0 atom stereocenters. The van der Waals surface area contributed by atoms with E-state index in [1.807, 2.05) is 0 Å². The van der Waals surface area contributed by atoms with Crippen LogP contribution in [0.2, 0.25) is 0 Å². The molecule has 0 bridgehead atoms. The second-order valence-electron chi connectivity index (χ2n) is 2.02. The van der Waals surface area contributed by atoms with Crippen LogP contribution in [0, 0.1) is 5.41 Å². The van der Waals surface area contributed by atoms with Gasteiger partial charge in [-0.3, -0.25) is 5.41 Å². The topological polar surface area (TPSA) is 71.1 Å². The Morgan fingerprint density at radius 2 is 2.30 bits per heavy atom. The summed E-state index contributed by atoms with van der Waals surface area (Å²) < 4.78 is 4.80. The highest BCUT2D eigenvalue weighted by Crippen LogP contribution is 1.72. The maximum atomic E-state index is 6.88. The molecule has 0 aromatic rings. The molecule has 0 heterocycles. The van der Waals surface area contributed by atoms with Crippen molar-refractivity contribution in [3.8, 4) is 0 Å². The van der Waals surface area contributed by atoms with E-state index in [4.69, 9.17) is 15.9 Å². The van der Waals surface area contributed by atoms with Gasteiger partial charge in [-0.25, -0.2) is 0 Å². The number of methoxy groups -OCH3 is 1. The molecule has 0 unspecified atom stereocenters. The van der Waals surface area contributed by atoms with E-state index < -0.39 is 0 Å². The molecule has 60 valence electrons. The Bertz CT molecular complexity index is 95.0. The summed E-state index contributed by atoms with van der Waals surface area (Å²) in [5, 5.41) is 9.95. The minimum absolute atomic E-state index is 0.227. The molecule has 0 amide bonds. The monoisotopic (exact) mass is 145 g/mol. The molecule has 0 aromatic heterocycles.